The maximum atomic E-state index is 13.2. The summed E-state index contributed by atoms with van der Waals surface area (Å²) in [6, 6.07) is 9.16. The summed E-state index contributed by atoms with van der Waals surface area (Å²) in [6.07, 6.45) is 7.05. The fourth-order valence-corrected chi connectivity index (χ4v) is 8.98. The first-order valence-corrected chi connectivity index (χ1v) is 13.0. The predicted molar refractivity (Wildman–Crippen MR) is 128 cm³/mol. The fraction of sp³-hybridized carbons (Fsp3) is 0.690. The van der Waals surface area contributed by atoms with Crippen molar-refractivity contribution >= 4 is 17.7 Å². The van der Waals surface area contributed by atoms with Gasteiger partial charge in [-0.3, -0.25) is 9.59 Å². The molecule has 0 N–H and O–H groups in total. The summed E-state index contributed by atoms with van der Waals surface area (Å²) >= 11 is 0. The van der Waals surface area contributed by atoms with Gasteiger partial charge in [0.25, 0.3) is 0 Å². The number of carbonyl (C=O) groups is 3. The van der Waals surface area contributed by atoms with E-state index >= 15 is 0 Å². The molecule has 5 nitrogen and oxygen atoms in total. The predicted octanol–water partition coefficient (Wildman–Crippen LogP) is 5.76. The van der Waals surface area contributed by atoms with Crippen LogP contribution in [0.25, 0.3) is 0 Å². The molecule has 1 aromatic rings. The van der Waals surface area contributed by atoms with Crippen LogP contribution in [0.1, 0.15) is 89.4 Å². The number of fused-ring (bicyclic) bond motifs is 2. The molecule has 1 aromatic carbocycles. The lowest BCUT2D eigenvalue weighted by Gasteiger charge is -2.67. The van der Waals surface area contributed by atoms with Gasteiger partial charge in [0.15, 0.2) is 0 Å². The van der Waals surface area contributed by atoms with Crippen LogP contribution in [0.4, 0.5) is 0 Å². The third-order valence-corrected chi connectivity index (χ3v) is 10.5. The lowest BCUT2D eigenvalue weighted by molar-refractivity contribution is -0.226. The van der Waals surface area contributed by atoms with Crippen LogP contribution in [-0.2, 0) is 19.1 Å². The summed E-state index contributed by atoms with van der Waals surface area (Å²) in [6.45, 7) is 8.60. The largest absolute Gasteiger partial charge is 0.465 e. The molecule has 2 unspecified atom stereocenters. The van der Waals surface area contributed by atoms with E-state index in [1.807, 2.05) is 18.2 Å². The maximum absolute atomic E-state index is 13.2. The Balaban J connectivity index is 1.56. The number of Topliss-reactive ketones (excluding diaryl/α,β-unsaturated/α-hetero) is 1. The van der Waals surface area contributed by atoms with Crippen LogP contribution in [0.15, 0.2) is 30.3 Å². The molecule has 4 saturated carbocycles. The van der Waals surface area contributed by atoms with E-state index in [4.69, 9.17) is 9.47 Å². The number of carbonyl (C=O) groups excluding carboxylic acids is 3. The Morgan fingerprint density at radius 1 is 1.03 bits per heavy atom. The van der Waals surface area contributed by atoms with Gasteiger partial charge in [0.05, 0.1) is 12.2 Å². The van der Waals surface area contributed by atoms with E-state index in [2.05, 4.69) is 20.8 Å². The second kappa shape index (κ2) is 7.93. The van der Waals surface area contributed by atoms with Gasteiger partial charge in [-0.15, -0.1) is 0 Å². The zero-order valence-corrected chi connectivity index (χ0v) is 21.0. The van der Waals surface area contributed by atoms with Crippen LogP contribution in [0.5, 0.6) is 0 Å². The molecule has 0 heterocycles. The minimum Gasteiger partial charge on any atom is -0.465 e. The van der Waals surface area contributed by atoms with Gasteiger partial charge in [-0.25, -0.2) is 4.79 Å². The summed E-state index contributed by atoms with van der Waals surface area (Å²) in [5, 5.41) is 0. The van der Waals surface area contributed by atoms with Crippen LogP contribution in [0.3, 0.4) is 0 Å². The van der Waals surface area contributed by atoms with Crippen molar-refractivity contribution < 1.29 is 23.9 Å². The summed E-state index contributed by atoms with van der Waals surface area (Å²) in [7, 11) is 0. The molecule has 34 heavy (non-hydrogen) atoms. The third kappa shape index (κ3) is 3.37. The summed E-state index contributed by atoms with van der Waals surface area (Å²) < 4.78 is 12.0. The van der Waals surface area contributed by atoms with E-state index in [-0.39, 0.29) is 51.5 Å². The van der Waals surface area contributed by atoms with E-state index in [0.717, 1.165) is 44.9 Å². The molecule has 0 saturated heterocycles. The highest BCUT2D eigenvalue weighted by Gasteiger charge is 2.72. The van der Waals surface area contributed by atoms with Crippen molar-refractivity contribution in [2.45, 2.75) is 85.2 Å². The van der Waals surface area contributed by atoms with Gasteiger partial charge in [-0.05, 0) is 67.4 Å². The van der Waals surface area contributed by atoms with Crippen LogP contribution in [-0.4, -0.2) is 30.4 Å². The molecular weight excluding hydrogens is 428 g/mol. The van der Waals surface area contributed by atoms with E-state index in [0.29, 0.717) is 24.4 Å². The highest BCUT2D eigenvalue weighted by atomic mass is 16.5. The smallest absolute Gasteiger partial charge is 0.338 e. The van der Waals surface area contributed by atoms with Gasteiger partial charge in [-0.1, -0.05) is 45.4 Å². The van der Waals surface area contributed by atoms with Gasteiger partial charge in [0.1, 0.15) is 11.9 Å². The molecule has 2 bridgehead atoms. The van der Waals surface area contributed by atoms with Gasteiger partial charge in [0, 0.05) is 30.1 Å². The first-order valence-electron chi connectivity index (χ1n) is 13.0. The lowest BCUT2D eigenvalue weighted by Crippen LogP contribution is -2.65. The average Bonchev–Trinajstić information content (AvgIpc) is 3.12. The molecule has 4 fully saturated rings. The van der Waals surface area contributed by atoms with Crippen LogP contribution >= 0.6 is 0 Å². The van der Waals surface area contributed by atoms with E-state index < -0.39 is 0 Å². The Kier molecular flexibility index (Phi) is 5.49. The van der Waals surface area contributed by atoms with Crippen molar-refractivity contribution in [3.8, 4) is 0 Å². The maximum Gasteiger partial charge on any atom is 0.338 e. The molecule has 184 valence electrons. The van der Waals surface area contributed by atoms with Crippen LogP contribution in [0, 0.1) is 33.5 Å². The Labute approximate surface area is 203 Å². The number of benzene rings is 1. The number of rotatable bonds is 4. The number of ketones is 1. The van der Waals surface area contributed by atoms with Crippen LogP contribution in [0.2, 0.25) is 0 Å². The van der Waals surface area contributed by atoms with Gasteiger partial charge < -0.3 is 9.47 Å². The molecule has 4 aliphatic carbocycles. The second-order valence-electron chi connectivity index (χ2n) is 12.4. The van der Waals surface area contributed by atoms with Crippen molar-refractivity contribution in [1.29, 1.82) is 0 Å². The van der Waals surface area contributed by atoms with Crippen molar-refractivity contribution in [3.63, 3.8) is 0 Å². The number of esters is 2. The highest BCUT2D eigenvalue weighted by molar-refractivity contribution is 5.89. The Morgan fingerprint density at radius 2 is 1.76 bits per heavy atom. The Morgan fingerprint density at radius 3 is 2.47 bits per heavy atom. The number of hydrogen-bond acceptors (Lipinski definition) is 5. The van der Waals surface area contributed by atoms with Crippen molar-refractivity contribution in [3.05, 3.63) is 35.9 Å². The molecule has 0 aromatic heterocycles. The fourth-order valence-electron chi connectivity index (χ4n) is 8.98. The monoisotopic (exact) mass is 466 g/mol. The van der Waals surface area contributed by atoms with E-state index in [1.54, 1.807) is 12.1 Å². The van der Waals surface area contributed by atoms with Crippen molar-refractivity contribution in [2.75, 3.05) is 6.61 Å². The van der Waals surface area contributed by atoms with Gasteiger partial charge >= 0.3 is 11.9 Å². The normalized spacial score (nSPS) is 42.9. The molecule has 0 aliphatic heterocycles. The van der Waals surface area contributed by atoms with Gasteiger partial charge in [0.2, 0.25) is 0 Å². The minimum absolute atomic E-state index is 0.0764. The first kappa shape index (κ1) is 23.6. The standard InChI is InChI=1S/C29H38O5/c1-19(30)33-18-27(3)11-8-12-28(4)24(27)22(34-25(32)20-9-6-5-7-10-20)15-21-16-23(31)26(2)13-14-29(21,28)17-26/h5-7,9-10,21-22,24H,8,11-18H2,1-4H3/t21?,22-,24?,26+,27+,28+,29+/m1/s1. The molecule has 0 amide bonds. The molecule has 4 aliphatic rings. The van der Waals surface area contributed by atoms with Crippen LogP contribution < -0.4 is 0 Å². The average molecular weight is 467 g/mol. The molecule has 1 spiro atoms. The molecular formula is C29H38O5. The Bertz CT molecular complexity index is 1000. The minimum atomic E-state index is -0.303. The SMILES string of the molecule is CC(=O)OC[C@]1(C)CCC[C@@]2(C)C1[C@H](OC(=O)c1ccccc1)CC1CC(=O)[C@@]3(C)CC[C@]12C3. The number of hydrogen-bond donors (Lipinski definition) is 0. The Hall–Kier alpha value is -2.17. The summed E-state index contributed by atoms with van der Waals surface area (Å²) in [4.78, 5) is 38.2. The summed E-state index contributed by atoms with van der Waals surface area (Å²) in [5.74, 6) is 0.130. The zero-order chi connectivity index (χ0) is 24.4. The van der Waals surface area contributed by atoms with Crippen molar-refractivity contribution in [1.82, 2.24) is 0 Å². The lowest BCUT2D eigenvalue weighted by atomic mass is 9.37. The van der Waals surface area contributed by atoms with Gasteiger partial charge in [-0.2, -0.15) is 0 Å². The van der Waals surface area contributed by atoms with E-state index in [1.165, 1.54) is 6.92 Å². The highest BCUT2D eigenvalue weighted by Crippen LogP contribution is 2.75. The molecule has 5 rings (SSSR count). The third-order valence-electron chi connectivity index (χ3n) is 10.5. The molecule has 0 radical (unpaired) electrons. The molecule has 5 heteroatoms. The zero-order valence-electron chi connectivity index (χ0n) is 21.0. The molecule has 7 atom stereocenters. The second-order valence-corrected chi connectivity index (χ2v) is 12.4. The topological polar surface area (TPSA) is 69.7 Å². The van der Waals surface area contributed by atoms with E-state index in [9.17, 15) is 14.4 Å². The number of ether oxygens (including phenoxy) is 2. The quantitative estimate of drug-likeness (QED) is 0.528. The summed E-state index contributed by atoms with van der Waals surface area (Å²) in [5.41, 5.74) is 0.0499. The van der Waals surface area contributed by atoms with Crippen molar-refractivity contribution in [2.24, 2.45) is 33.5 Å². The first-order chi connectivity index (χ1) is 16.0.